The van der Waals surface area contributed by atoms with Gasteiger partial charge in [0.25, 0.3) is 5.69 Å². The first kappa shape index (κ1) is 24.5. The SMILES string of the molecule is C=O.CC(=O)NC1C(Oc2ccc([N+](=O)[O-])cc2)OC(COS(=O)O)C(O)C1O. The maximum absolute atomic E-state index is 11.4. The monoisotopic (exact) mass is 436 g/mol. The van der Waals surface area contributed by atoms with Gasteiger partial charge in [0.05, 0.1) is 11.5 Å². The number of nitro benzene ring substituents is 1. The van der Waals surface area contributed by atoms with Crippen LogP contribution in [0.1, 0.15) is 6.92 Å². The second kappa shape index (κ2) is 11.5. The Hall–Kier alpha value is -2.49. The largest absolute Gasteiger partial charge is 0.463 e. The van der Waals surface area contributed by atoms with Crippen LogP contribution in [0.5, 0.6) is 5.75 Å². The summed E-state index contributed by atoms with van der Waals surface area (Å²) in [7, 11) is 0. The molecular formula is C15H20N2O11S. The van der Waals surface area contributed by atoms with Crippen LogP contribution in [-0.4, -0.2) is 73.8 Å². The Labute approximate surface area is 167 Å². The van der Waals surface area contributed by atoms with E-state index in [9.17, 15) is 29.3 Å². The second-order valence-corrected chi connectivity index (χ2v) is 6.29. The lowest BCUT2D eigenvalue weighted by Crippen LogP contribution is -2.65. The van der Waals surface area contributed by atoms with Gasteiger partial charge in [-0.3, -0.25) is 23.6 Å². The zero-order chi connectivity index (χ0) is 22.1. The summed E-state index contributed by atoms with van der Waals surface area (Å²) >= 11 is -2.61. The summed E-state index contributed by atoms with van der Waals surface area (Å²) in [6, 6.07) is 3.78. The number of benzene rings is 1. The van der Waals surface area contributed by atoms with Crippen LogP contribution in [-0.2, 0) is 29.9 Å². The van der Waals surface area contributed by atoms with Gasteiger partial charge in [-0.1, -0.05) is 0 Å². The predicted molar refractivity (Wildman–Crippen MR) is 95.8 cm³/mol. The molecule has 0 aromatic heterocycles. The van der Waals surface area contributed by atoms with Crippen LogP contribution in [0.15, 0.2) is 24.3 Å². The number of hydrogen-bond acceptors (Lipinski definition) is 10. The summed E-state index contributed by atoms with van der Waals surface area (Å²) in [5.41, 5.74) is -0.169. The number of ether oxygens (including phenoxy) is 2. The van der Waals surface area contributed by atoms with Crippen LogP contribution >= 0.6 is 0 Å². The van der Waals surface area contributed by atoms with Gasteiger partial charge in [0.15, 0.2) is 0 Å². The Balaban J connectivity index is 0.00000204. The molecule has 1 aliphatic heterocycles. The molecule has 1 heterocycles. The van der Waals surface area contributed by atoms with Gasteiger partial charge in [-0.15, -0.1) is 0 Å². The molecule has 6 atom stereocenters. The average molecular weight is 436 g/mol. The van der Waals surface area contributed by atoms with E-state index in [2.05, 4.69) is 9.50 Å². The maximum atomic E-state index is 11.4. The Kier molecular flexibility index (Phi) is 9.73. The summed E-state index contributed by atoms with van der Waals surface area (Å²) in [5, 5.41) is 33.5. The first-order chi connectivity index (χ1) is 13.7. The highest BCUT2D eigenvalue weighted by atomic mass is 32.2. The molecule has 2 rings (SSSR count). The average Bonchev–Trinajstić information content (AvgIpc) is 2.68. The number of carbonyl (C=O) groups excluding carboxylic acids is 2. The summed E-state index contributed by atoms with van der Waals surface area (Å²) in [6.45, 7) is 2.65. The van der Waals surface area contributed by atoms with Crippen molar-refractivity contribution in [2.75, 3.05) is 6.61 Å². The summed E-state index contributed by atoms with van der Waals surface area (Å²) in [4.78, 5) is 29.5. The minimum absolute atomic E-state index is 0.134. The molecule has 0 saturated carbocycles. The summed E-state index contributed by atoms with van der Waals surface area (Å²) in [5.74, 6) is -0.395. The number of carbonyl (C=O) groups is 2. The van der Waals surface area contributed by atoms with E-state index in [0.29, 0.717) is 0 Å². The normalized spacial score (nSPS) is 27.1. The fourth-order valence-corrected chi connectivity index (χ4v) is 2.71. The lowest BCUT2D eigenvalue weighted by Gasteiger charge is -2.42. The van der Waals surface area contributed by atoms with Gasteiger partial charge in [0.1, 0.15) is 36.9 Å². The van der Waals surface area contributed by atoms with Gasteiger partial charge in [0.2, 0.25) is 12.2 Å². The highest BCUT2D eigenvalue weighted by Gasteiger charge is 2.46. The molecule has 0 spiro atoms. The van der Waals surface area contributed by atoms with E-state index >= 15 is 0 Å². The van der Waals surface area contributed by atoms with Gasteiger partial charge in [-0.2, -0.15) is 4.21 Å². The number of rotatable bonds is 7. The molecule has 1 aromatic rings. The van der Waals surface area contributed by atoms with Gasteiger partial charge < -0.3 is 29.8 Å². The van der Waals surface area contributed by atoms with Gasteiger partial charge >= 0.3 is 11.4 Å². The van der Waals surface area contributed by atoms with Crippen molar-refractivity contribution in [2.24, 2.45) is 0 Å². The number of non-ortho nitro benzene ring substituents is 1. The predicted octanol–water partition coefficient (Wildman–Crippen LogP) is -1.11. The van der Waals surface area contributed by atoms with Gasteiger partial charge in [-0.25, -0.2) is 0 Å². The fourth-order valence-electron chi connectivity index (χ4n) is 2.46. The molecule has 162 valence electrons. The van der Waals surface area contributed by atoms with Crippen LogP contribution in [0.3, 0.4) is 0 Å². The zero-order valence-electron chi connectivity index (χ0n) is 15.1. The molecule has 6 unspecified atom stereocenters. The number of nitro groups is 1. The number of nitrogens with zero attached hydrogens (tertiary/aromatic N) is 1. The standard InChI is InChI=1S/C14H18N2O10S.CH2O/c1-7(17)15-11-13(19)12(18)10(6-24-27(22)23)26-14(11)25-9-4-2-8(3-5-9)16(20)21;1-2/h2-5,10-14,18-19H,6H2,1H3,(H,15,17)(H,22,23);1H2. The van der Waals surface area contributed by atoms with Crippen molar-refractivity contribution in [1.82, 2.24) is 5.32 Å². The van der Waals surface area contributed by atoms with Crippen LogP contribution in [0.4, 0.5) is 5.69 Å². The fraction of sp³-hybridized carbons (Fsp3) is 0.467. The van der Waals surface area contributed by atoms with Crippen molar-refractivity contribution in [3.8, 4) is 5.75 Å². The van der Waals surface area contributed by atoms with E-state index in [1.165, 1.54) is 31.2 Å². The van der Waals surface area contributed by atoms with Gasteiger partial charge in [-0.05, 0) is 12.1 Å². The minimum Gasteiger partial charge on any atom is -0.463 e. The first-order valence-electron chi connectivity index (χ1n) is 7.92. The molecule has 14 heteroatoms. The zero-order valence-corrected chi connectivity index (χ0v) is 15.9. The number of aliphatic hydroxyl groups is 2. The van der Waals surface area contributed by atoms with E-state index in [1.807, 2.05) is 6.79 Å². The molecule has 29 heavy (non-hydrogen) atoms. The molecule has 4 N–H and O–H groups in total. The van der Waals surface area contributed by atoms with E-state index in [-0.39, 0.29) is 11.4 Å². The second-order valence-electron chi connectivity index (χ2n) is 5.62. The number of nitrogens with one attached hydrogen (secondary N) is 1. The molecule has 1 amide bonds. The molecule has 1 saturated heterocycles. The molecule has 0 bridgehead atoms. The lowest BCUT2D eigenvalue weighted by molar-refractivity contribution is -0.384. The third-order valence-corrected chi connectivity index (χ3v) is 4.04. The first-order valence-corrected chi connectivity index (χ1v) is 8.95. The Morgan fingerprint density at radius 3 is 2.38 bits per heavy atom. The molecule has 0 radical (unpaired) electrons. The van der Waals surface area contributed by atoms with Crippen molar-refractivity contribution in [3.63, 3.8) is 0 Å². The van der Waals surface area contributed by atoms with E-state index < -0.39 is 59.4 Å². The van der Waals surface area contributed by atoms with E-state index in [0.717, 1.165) is 0 Å². The topological polar surface area (TPSA) is 195 Å². The van der Waals surface area contributed by atoms with Crippen molar-refractivity contribution in [1.29, 1.82) is 0 Å². The molecule has 1 aromatic carbocycles. The molecular weight excluding hydrogens is 416 g/mol. The van der Waals surface area contributed by atoms with E-state index in [4.69, 9.17) is 18.8 Å². The smallest absolute Gasteiger partial charge is 0.301 e. The molecule has 0 aliphatic carbocycles. The molecule has 1 fully saturated rings. The number of hydrogen-bond donors (Lipinski definition) is 4. The Bertz CT molecular complexity index is 715. The third kappa shape index (κ3) is 7.12. The van der Waals surface area contributed by atoms with Crippen LogP contribution in [0.2, 0.25) is 0 Å². The van der Waals surface area contributed by atoms with Crippen molar-refractivity contribution in [3.05, 3.63) is 34.4 Å². The summed E-state index contributed by atoms with van der Waals surface area (Å²) < 4.78 is 34.8. The lowest BCUT2D eigenvalue weighted by atomic mass is 9.97. The Morgan fingerprint density at radius 2 is 1.90 bits per heavy atom. The van der Waals surface area contributed by atoms with Gasteiger partial charge in [0, 0.05) is 19.1 Å². The minimum atomic E-state index is -2.61. The highest BCUT2D eigenvalue weighted by Crippen LogP contribution is 2.26. The maximum Gasteiger partial charge on any atom is 0.301 e. The highest BCUT2D eigenvalue weighted by molar-refractivity contribution is 7.74. The Morgan fingerprint density at radius 1 is 1.31 bits per heavy atom. The van der Waals surface area contributed by atoms with Crippen LogP contribution < -0.4 is 10.1 Å². The number of aliphatic hydroxyl groups excluding tert-OH is 2. The van der Waals surface area contributed by atoms with Crippen molar-refractivity contribution < 1.29 is 47.1 Å². The molecule has 1 aliphatic rings. The van der Waals surface area contributed by atoms with Crippen molar-refractivity contribution >= 4 is 29.7 Å². The third-order valence-electron chi connectivity index (χ3n) is 3.70. The van der Waals surface area contributed by atoms with Crippen LogP contribution in [0, 0.1) is 10.1 Å². The van der Waals surface area contributed by atoms with Crippen molar-refractivity contribution in [2.45, 2.75) is 37.6 Å². The molecule has 13 nitrogen and oxygen atoms in total. The van der Waals surface area contributed by atoms with E-state index in [1.54, 1.807) is 0 Å². The number of amides is 1. The van der Waals surface area contributed by atoms with Crippen LogP contribution in [0.25, 0.3) is 0 Å². The summed E-state index contributed by atoms with van der Waals surface area (Å²) in [6.07, 6.45) is -5.62. The quantitative estimate of drug-likeness (QED) is 0.230.